The first-order chi connectivity index (χ1) is 12.5. The first-order valence-corrected chi connectivity index (χ1v) is 9.77. The van der Waals surface area contributed by atoms with Gasteiger partial charge >= 0.3 is 0 Å². The summed E-state index contributed by atoms with van der Waals surface area (Å²) in [4.78, 5) is 7.25. The van der Waals surface area contributed by atoms with E-state index in [0.717, 1.165) is 11.3 Å². The lowest BCUT2D eigenvalue weighted by atomic mass is 10.1. The zero-order chi connectivity index (χ0) is 18.6. The van der Waals surface area contributed by atoms with Crippen LogP contribution in [0.4, 0.5) is 0 Å². The fraction of sp³-hybridized carbons (Fsp3) is 0.211. The number of hydrogen-bond acceptors (Lipinski definition) is 4. The van der Waals surface area contributed by atoms with Crippen molar-refractivity contribution in [1.29, 1.82) is 0 Å². The van der Waals surface area contributed by atoms with E-state index >= 15 is 0 Å². The minimum absolute atomic E-state index is 0.190. The molecule has 6 nitrogen and oxygen atoms in total. The van der Waals surface area contributed by atoms with Gasteiger partial charge in [0.05, 0.1) is 12.0 Å². The lowest BCUT2D eigenvalue weighted by Gasteiger charge is -2.18. The van der Waals surface area contributed by atoms with Gasteiger partial charge in [0.2, 0.25) is 10.0 Å². The highest BCUT2D eigenvalue weighted by atomic mass is 32.2. The molecule has 0 bridgehead atoms. The molecule has 0 aliphatic carbocycles. The number of methoxy groups -OCH3 is 1. The Labute approximate surface area is 153 Å². The molecule has 26 heavy (non-hydrogen) atoms. The van der Waals surface area contributed by atoms with Crippen LogP contribution in [0.25, 0.3) is 11.3 Å². The maximum absolute atomic E-state index is 12.9. The SMILES string of the molecule is CCC(NS(=O)(=O)c1ccc(OC)c(-c2ccc[nH]2)c1)c1ccncc1. The maximum Gasteiger partial charge on any atom is 0.241 e. The third kappa shape index (κ3) is 3.79. The zero-order valence-electron chi connectivity index (χ0n) is 14.6. The van der Waals surface area contributed by atoms with Gasteiger partial charge in [-0.2, -0.15) is 0 Å². The number of hydrogen-bond donors (Lipinski definition) is 2. The summed E-state index contributed by atoms with van der Waals surface area (Å²) in [5, 5.41) is 0. The van der Waals surface area contributed by atoms with Crippen LogP contribution in [0.5, 0.6) is 5.75 Å². The van der Waals surface area contributed by atoms with Crippen LogP contribution in [-0.2, 0) is 10.0 Å². The van der Waals surface area contributed by atoms with Crippen molar-refractivity contribution in [2.75, 3.05) is 7.11 Å². The van der Waals surface area contributed by atoms with Gasteiger partial charge in [0.15, 0.2) is 0 Å². The topological polar surface area (TPSA) is 84.1 Å². The van der Waals surface area contributed by atoms with Crippen molar-refractivity contribution in [3.8, 4) is 17.0 Å². The van der Waals surface area contributed by atoms with Crippen molar-refractivity contribution < 1.29 is 13.2 Å². The van der Waals surface area contributed by atoms with Crippen molar-refractivity contribution in [1.82, 2.24) is 14.7 Å². The van der Waals surface area contributed by atoms with Gasteiger partial charge in [0.1, 0.15) is 5.75 Å². The van der Waals surface area contributed by atoms with Crippen molar-refractivity contribution in [2.45, 2.75) is 24.3 Å². The van der Waals surface area contributed by atoms with Crippen LogP contribution in [0.1, 0.15) is 24.9 Å². The summed E-state index contributed by atoms with van der Waals surface area (Å²) < 4.78 is 34.0. The summed E-state index contributed by atoms with van der Waals surface area (Å²) in [6.07, 6.45) is 5.72. The Hall–Kier alpha value is -2.64. The molecule has 0 aliphatic rings. The third-order valence-electron chi connectivity index (χ3n) is 4.18. The third-order valence-corrected chi connectivity index (χ3v) is 5.65. The molecule has 3 rings (SSSR count). The van der Waals surface area contributed by atoms with Crippen molar-refractivity contribution in [2.24, 2.45) is 0 Å². The molecule has 0 aliphatic heterocycles. The Kier molecular flexibility index (Phi) is 5.39. The van der Waals surface area contributed by atoms with Crippen LogP contribution in [-0.4, -0.2) is 25.5 Å². The molecule has 0 saturated carbocycles. The number of nitrogens with one attached hydrogen (secondary N) is 2. The van der Waals surface area contributed by atoms with E-state index in [1.165, 1.54) is 0 Å². The van der Waals surface area contributed by atoms with E-state index in [0.29, 0.717) is 17.7 Å². The predicted octanol–water partition coefficient (Wildman–Crippen LogP) is 3.51. The number of sulfonamides is 1. The maximum atomic E-state index is 12.9. The monoisotopic (exact) mass is 371 g/mol. The second-order valence-electron chi connectivity index (χ2n) is 5.81. The van der Waals surface area contributed by atoms with E-state index in [2.05, 4.69) is 14.7 Å². The molecule has 136 valence electrons. The Morgan fingerprint density at radius 3 is 2.58 bits per heavy atom. The van der Waals surface area contributed by atoms with Crippen molar-refractivity contribution >= 4 is 10.0 Å². The lowest BCUT2D eigenvalue weighted by Crippen LogP contribution is -2.28. The predicted molar refractivity (Wildman–Crippen MR) is 100 cm³/mol. The van der Waals surface area contributed by atoms with Gasteiger partial charge in [-0.15, -0.1) is 0 Å². The number of benzene rings is 1. The van der Waals surface area contributed by atoms with Gasteiger partial charge < -0.3 is 9.72 Å². The number of aromatic nitrogens is 2. The number of aromatic amines is 1. The highest BCUT2D eigenvalue weighted by Crippen LogP contribution is 2.31. The molecule has 0 saturated heterocycles. The van der Waals surface area contributed by atoms with E-state index in [9.17, 15) is 8.42 Å². The Morgan fingerprint density at radius 2 is 1.96 bits per heavy atom. The molecule has 2 heterocycles. The van der Waals surface area contributed by atoms with Gasteiger partial charge in [-0.3, -0.25) is 4.98 Å². The minimum atomic E-state index is -3.70. The molecule has 0 fully saturated rings. The minimum Gasteiger partial charge on any atom is -0.496 e. The van der Waals surface area contributed by atoms with Crippen LogP contribution < -0.4 is 9.46 Å². The lowest BCUT2D eigenvalue weighted by molar-refractivity contribution is 0.416. The highest BCUT2D eigenvalue weighted by molar-refractivity contribution is 7.89. The number of H-pyrrole nitrogens is 1. The second-order valence-corrected chi connectivity index (χ2v) is 7.52. The average molecular weight is 371 g/mol. The second kappa shape index (κ2) is 7.72. The van der Waals surface area contributed by atoms with Gasteiger partial charge in [-0.1, -0.05) is 6.92 Å². The fourth-order valence-electron chi connectivity index (χ4n) is 2.80. The Morgan fingerprint density at radius 1 is 1.19 bits per heavy atom. The van der Waals surface area contributed by atoms with Crippen LogP contribution >= 0.6 is 0 Å². The van der Waals surface area contributed by atoms with Crippen molar-refractivity contribution in [3.05, 3.63) is 66.6 Å². The highest BCUT2D eigenvalue weighted by Gasteiger charge is 2.22. The van der Waals surface area contributed by atoms with Crippen LogP contribution in [0.3, 0.4) is 0 Å². The number of nitrogens with zero attached hydrogens (tertiary/aromatic N) is 1. The first kappa shape index (κ1) is 18.2. The van der Waals surface area contributed by atoms with E-state index in [4.69, 9.17) is 4.74 Å². The molecule has 2 N–H and O–H groups in total. The Bertz CT molecular complexity index is 955. The average Bonchev–Trinajstić information content (AvgIpc) is 3.21. The molecule has 3 aromatic rings. The molecule has 1 unspecified atom stereocenters. The molecule has 1 atom stereocenters. The number of ether oxygens (including phenoxy) is 1. The van der Waals surface area contributed by atoms with Crippen molar-refractivity contribution in [3.63, 3.8) is 0 Å². The standard InChI is InChI=1S/C19H21N3O3S/c1-3-17(14-8-11-20-12-9-14)22-26(23,24)15-6-7-19(25-2)16(13-15)18-5-4-10-21-18/h4-13,17,21-22H,3H2,1-2H3. The van der Waals surface area contributed by atoms with Gasteiger partial charge in [-0.25, -0.2) is 13.1 Å². The number of rotatable bonds is 7. The molecule has 0 radical (unpaired) electrons. The molecule has 0 spiro atoms. The summed E-state index contributed by atoms with van der Waals surface area (Å²) >= 11 is 0. The largest absolute Gasteiger partial charge is 0.496 e. The summed E-state index contributed by atoms with van der Waals surface area (Å²) in [7, 11) is -2.14. The molecule has 1 aromatic carbocycles. The quantitative estimate of drug-likeness (QED) is 0.666. The van der Waals surface area contributed by atoms with E-state index < -0.39 is 10.0 Å². The van der Waals surface area contributed by atoms with Gasteiger partial charge in [0.25, 0.3) is 0 Å². The molecule has 0 amide bonds. The van der Waals surface area contributed by atoms with Crippen LogP contribution in [0.15, 0.2) is 66.0 Å². The molecule has 7 heteroatoms. The van der Waals surface area contributed by atoms with Crippen LogP contribution in [0.2, 0.25) is 0 Å². The summed E-state index contributed by atoms with van der Waals surface area (Å²) in [6.45, 7) is 1.94. The number of pyridine rings is 1. The van der Waals surface area contributed by atoms with Gasteiger partial charge in [-0.05, 0) is 54.4 Å². The molecular formula is C19H21N3O3S. The van der Waals surface area contributed by atoms with Gasteiger partial charge in [0, 0.05) is 35.9 Å². The summed E-state index contributed by atoms with van der Waals surface area (Å²) in [5.41, 5.74) is 2.36. The molecular weight excluding hydrogens is 350 g/mol. The Balaban J connectivity index is 1.95. The van der Waals surface area contributed by atoms with E-state index in [1.807, 2.05) is 31.2 Å². The normalized spacial score (nSPS) is 12.7. The van der Waals surface area contributed by atoms with E-state index in [1.54, 1.807) is 43.9 Å². The fourth-order valence-corrected chi connectivity index (χ4v) is 4.13. The summed E-state index contributed by atoms with van der Waals surface area (Å²) in [6, 6.07) is 11.9. The molecule has 2 aromatic heterocycles. The van der Waals surface area contributed by atoms with Crippen LogP contribution in [0, 0.1) is 0 Å². The first-order valence-electron chi connectivity index (χ1n) is 8.29. The van der Waals surface area contributed by atoms with E-state index in [-0.39, 0.29) is 10.9 Å². The zero-order valence-corrected chi connectivity index (χ0v) is 15.5. The summed E-state index contributed by atoms with van der Waals surface area (Å²) in [5.74, 6) is 0.604. The smallest absolute Gasteiger partial charge is 0.241 e.